The Morgan fingerprint density at radius 3 is 2.54 bits per heavy atom. The SMILES string of the molecule is CC=NCC(C=CCCC)CCC. The van der Waals surface area contributed by atoms with E-state index in [9.17, 15) is 0 Å². The molecule has 0 bridgehead atoms. The number of allylic oxidation sites excluding steroid dienone is 1. The van der Waals surface area contributed by atoms with Gasteiger partial charge in [-0.1, -0.05) is 38.8 Å². The predicted molar refractivity (Wildman–Crippen MR) is 61.5 cm³/mol. The van der Waals surface area contributed by atoms with Gasteiger partial charge in [0.1, 0.15) is 0 Å². The second-order valence-electron chi connectivity index (χ2n) is 3.39. The molecule has 0 aromatic carbocycles. The van der Waals surface area contributed by atoms with E-state index < -0.39 is 0 Å². The van der Waals surface area contributed by atoms with E-state index in [-0.39, 0.29) is 0 Å². The van der Waals surface area contributed by atoms with Crippen molar-refractivity contribution >= 4 is 6.21 Å². The highest BCUT2D eigenvalue weighted by Crippen LogP contribution is 2.09. The third-order valence-electron chi connectivity index (χ3n) is 2.05. The van der Waals surface area contributed by atoms with Gasteiger partial charge in [0.25, 0.3) is 0 Å². The Morgan fingerprint density at radius 2 is 2.00 bits per heavy atom. The average molecular weight is 181 g/mol. The van der Waals surface area contributed by atoms with Crippen molar-refractivity contribution in [3.63, 3.8) is 0 Å². The fraction of sp³-hybridized carbons (Fsp3) is 0.750. The number of rotatable bonds is 7. The summed E-state index contributed by atoms with van der Waals surface area (Å²) < 4.78 is 0. The minimum atomic E-state index is 0.660. The van der Waals surface area contributed by atoms with Gasteiger partial charge in [-0.25, -0.2) is 0 Å². The molecule has 0 heterocycles. The lowest BCUT2D eigenvalue weighted by Crippen LogP contribution is -2.00. The summed E-state index contributed by atoms with van der Waals surface area (Å²) in [7, 11) is 0. The van der Waals surface area contributed by atoms with E-state index in [0.717, 1.165) is 6.54 Å². The van der Waals surface area contributed by atoms with Crippen LogP contribution in [0.15, 0.2) is 17.1 Å². The normalized spacial score (nSPS) is 14.4. The molecule has 1 nitrogen and oxygen atoms in total. The Kier molecular flexibility index (Phi) is 9.07. The van der Waals surface area contributed by atoms with Gasteiger partial charge in [0.05, 0.1) is 0 Å². The molecule has 76 valence electrons. The van der Waals surface area contributed by atoms with Crippen molar-refractivity contribution in [3.8, 4) is 0 Å². The minimum Gasteiger partial charge on any atom is -0.297 e. The Morgan fingerprint density at radius 1 is 1.23 bits per heavy atom. The first-order valence-electron chi connectivity index (χ1n) is 5.46. The van der Waals surface area contributed by atoms with Crippen molar-refractivity contribution in [3.05, 3.63) is 12.2 Å². The predicted octanol–water partition coefficient (Wildman–Crippen LogP) is 3.85. The van der Waals surface area contributed by atoms with Crippen LogP contribution in [0.3, 0.4) is 0 Å². The molecule has 0 aromatic heterocycles. The third kappa shape index (κ3) is 7.76. The van der Waals surface area contributed by atoms with Crippen LogP contribution in [-0.4, -0.2) is 12.8 Å². The lowest BCUT2D eigenvalue weighted by atomic mass is 10.0. The van der Waals surface area contributed by atoms with Gasteiger partial charge in [-0.2, -0.15) is 0 Å². The first-order chi connectivity index (χ1) is 6.35. The molecule has 0 aliphatic rings. The number of aliphatic imine (C=N–C) groups is 1. The van der Waals surface area contributed by atoms with Gasteiger partial charge in [-0.05, 0) is 31.9 Å². The van der Waals surface area contributed by atoms with E-state index in [1.165, 1.54) is 25.7 Å². The molecule has 0 rings (SSSR count). The van der Waals surface area contributed by atoms with Gasteiger partial charge in [-0.3, -0.25) is 4.99 Å². The molecular formula is C12H23N. The Bertz CT molecular complexity index is 147. The van der Waals surface area contributed by atoms with E-state index in [4.69, 9.17) is 0 Å². The van der Waals surface area contributed by atoms with Crippen LogP contribution < -0.4 is 0 Å². The van der Waals surface area contributed by atoms with Crippen molar-refractivity contribution < 1.29 is 0 Å². The molecule has 0 spiro atoms. The molecule has 1 unspecified atom stereocenters. The summed E-state index contributed by atoms with van der Waals surface area (Å²) in [6, 6.07) is 0. The number of unbranched alkanes of at least 4 members (excludes halogenated alkanes) is 1. The molecule has 0 N–H and O–H groups in total. The average Bonchev–Trinajstić information content (AvgIpc) is 2.14. The van der Waals surface area contributed by atoms with Gasteiger partial charge >= 0.3 is 0 Å². The van der Waals surface area contributed by atoms with E-state index >= 15 is 0 Å². The second-order valence-corrected chi connectivity index (χ2v) is 3.39. The van der Waals surface area contributed by atoms with Gasteiger partial charge in [0, 0.05) is 6.54 Å². The molecule has 0 amide bonds. The molecule has 0 saturated heterocycles. The van der Waals surface area contributed by atoms with Crippen LogP contribution >= 0.6 is 0 Å². The maximum atomic E-state index is 4.29. The van der Waals surface area contributed by atoms with Gasteiger partial charge in [0.2, 0.25) is 0 Å². The molecule has 0 saturated carbocycles. The van der Waals surface area contributed by atoms with Crippen LogP contribution in [0, 0.1) is 5.92 Å². The Labute approximate surface area is 83.0 Å². The van der Waals surface area contributed by atoms with Crippen LogP contribution in [0.2, 0.25) is 0 Å². The molecule has 0 aliphatic carbocycles. The Hall–Kier alpha value is -0.590. The molecule has 0 radical (unpaired) electrons. The molecule has 0 aromatic rings. The van der Waals surface area contributed by atoms with Gasteiger partial charge in [0.15, 0.2) is 0 Å². The summed E-state index contributed by atoms with van der Waals surface area (Å²) in [6.45, 7) is 7.39. The largest absolute Gasteiger partial charge is 0.297 e. The highest BCUT2D eigenvalue weighted by molar-refractivity contribution is 5.53. The Balaban J connectivity index is 3.78. The fourth-order valence-corrected chi connectivity index (χ4v) is 1.32. The summed E-state index contributed by atoms with van der Waals surface area (Å²) >= 11 is 0. The fourth-order valence-electron chi connectivity index (χ4n) is 1.32. The van der Waals surface area contributed by atoms with Crippen molar-refractivity contribution in [2.75, 3.05) is 6.54 Å². The lowest BCUT2D eigenvalue weighted by Gasteiger charge is -2.07. The van der Waals surface area contributed by atoms with Gasteiger partial charge in [-0.15, -0.1) is 0 Å². The standard InChI is InChI=1S/C12H23N/c1-4-7-8-10-12(9-5-2)11-13-6-3/h6,8,10,12H,4-5,7,9,11H2,1-3H3. The highest BCUT2D eigenvalue weighted by atomic mass is 14.7. The maximum absolute atomic E-state index is 4.29. The summed E-state index contributed by atoms with van der Waals surface area (Å²) in [5.41, 5.74) is 0. The smallest absolute Gasteiger partial charge is 0.0448 e. The minimum absolute atomic E-state index is 0.660. The van der Waals surface area contributed by atoms with Crippen LogP contribution in [0.25, 0.3) is 0 Å². The topological polar surface area (TPSA) is 12.4 Å². The molecule has 1 heteroatoms. The number of nitrogens with zero attached hydrogens (tertiary/aromatic N) is 1. The quantitative estimate of drug-likeness (QED) is 0.418. The summed E-state index contributed by atoms with van der Waals surface area (Å²) in [6.07, 6.45) is 11.5. The zero-order chi connectivity index (χ0) is 9.94. The van der Waals surface area contributed by atoms with Crippen LogP contribution in [0.4, 0.5) is 0 Å². The van der Waals surface area contributed by atoms with E-state index in [1.807, 2.05) is 13.1 Å². The van der Waals surface area contributed by atoms with E-state index in [0.29, 0.717) is 5.92 Å². The lowest BCUT2D eigenvalue weighted by molar-refractivity contribution is 0.591. The van der Waals surface area contributed by atoms with Crippen molar-refractivity contribution in [2.45, 2.75) is 46.5 Å². The second kappa shape index (κ2) is 9.50. The van der Waals surface area contributed by atoms with E-state index in [2.05, 4.69) is 31.0 Å². The number of hydrogen-bond donors (Lipinski definition) is 0. The van der Waals surface area contributed by atoms with Gasteiger partial charge < -0.3 is 0 Å². The highest BCUT2D eigenvalue weighted by Gasteiger charge is 2.00. The summed E-state index contributed by atoms with van der Waals surface area (Å²) in [5, 5.41) is 0. The molecule has 1 atom stereocenters. The first kappa shape index (κ1) is 12.4. The van der Waals surface area contributed by atoms with Crippen molar-refractivity contribution in [2.24, 2.45) is 10.9 Å². The molecular weight excluding hydrogens is 158 g/mol. The summed E-state index contributed by atoms with van der Waals surface area (Å²) in [4.78, 5) is 4.29. The monoisotopic (exact) mass is 181 g/mol. The van der Waals surface area contributed by atoms with Crippen LogP contribution in [0.5, 0.6) is 0 Å². The molecule has 0 fully saturated rings. The van der Waals surface area contributed by atoms with E-state index in [1.54, 1.807) is 0 Å². The maximum Gasteiger partial charge on any atom is 0.0448 e. The molecule has 13 heavy (non-hydrogen) atoms. The first-order valence-corrected chi connectivity index (χ1v) is 5.46. The van der Waals surface area contributed by atoms with Crippen LogP contribution in [-0.2, 0) is 0 Å². The zero-order valence-electron chi connectivity index (χ0n) is 9.29. The molecule has 0 aliphatic heterocycles. The van der Waals surface area contributed by atoms with Crippen molar-refractivity contribution in [1.82, 2.24) is 0 Å². The number of hydrogen-bond acceptors (Lipinski definition) is 1. The van der Waals surface area contributed by atoms with Crippen molar-refractivity contribution in [1.29, 1.82) is 0 Å². The third-order valence-corrected chi connectivity index (χ3v) is 2.05. The van der Waals surface area contributed by atoms with Crippen LogP contribution in [0.1, 0.15) is 46.5 Å². The zero-order valence-corrected chi connectivity index (χ0v) is 9.29. The summed E-state index contributed by atoms with van der Waals surface area (Å²) in [5.74, 6) is 0.660.